The molecule has 0 spiro atoms. The number of carbonyl (C=O) groups excluding carboxylic acids is 2. The zero-order chi connectivity index (χ0) is 11.7. The van der Waals surface area contributed by atoms with E-state index in [4.69, 9.17) is 0 Å². The van der Waals surface area contributed by atoms with Gasteiger partial charge in [0.25, 0.3) is 0 Å². The third kappa shape index (κ3) is 2.13. The quantitative estimate of drug-likeness (QED) is 0.771. The van der Waals surface area contributed by atoms with E-state index in [1.165, 1.54) is 4.90 Å². The lowest BCUT2D eigenvalue weighted by atomic mass is 10.1. The van der Waals surface area contributed by atoms with Crippen LogP contribution >= 0.6 is 11.3 Å². The molecule has 1 aromatic heterocycles. The maximum absolute atomic E-state index is 11.5. The molecule has 1 fully saturated rings. The Morgan fingerprint density at radius 2 is 2.25 bits per heavy atom. The first-order valence-corrected chi connectivity index (χ1v) is 5.70. The smallest absolute Gasteiger partial charge is 0.318 e. The van der Waals surface area contributed by atoms with Gasteiger partial charge in [-0.2, -0.15) is 0 Å². The van der Waals surface area contributed by atoms with Crippen molar-refractivity contribution in [3.63, 3.8) is 0 Å². The minimum Gasteiger partial charge on any atom is -0.318 e. The molecule has 0 bridgehead atoms. The first-order valence-electron chi connectivity index (χ1n) is 4.82. The van der Waals surface area contributed by atoms with Crippen molar-refractivity contribution in [2.24, 2.45) is 5.92 Å². The van der Waals surface area contributed by atoms with Gasteiger partial charge in [0.15, 0.2) is 0 Å². The number of amides is 3. The molecule has 0 aliphatic carbocycles. The molecular formula is C9H11N3O3S. The first-order chi connectivity index (χ1) is 7.56. The molecule has 6 nitrogen and oxygen atoms in total. The Morgan fingerprint density at radius 1 is 1.50 bits per heavy atom. The van der Waals surface area contributed by atoms with Crippen molar-refractivity contribution in [3.05, 3.63) is 20.7 Å². The molecule has 2 rings (SSSR count). The maximum atomic E-state index is 11.5. The van der Waals surface area contributed by atoms with Crippen molar-refractivity contribution < 1.29 is 9.59 Å². The van der Waals surface area contributed by atoms with Crippen LogP contribution in [0.5, 0.6) is 0 Å². The maximum Gasteiger partial charge on any atom is 0.324 e. The van der Waals surface area contributed by atoms with Crippen LogP contribution in [-0.4, -0.2) is 28.4 Å². The SMILES string of the molecule is CC1CN(Cc2csc(=O)[nH]2)C(=O)NC1=O. The van der Waals surface area contributed by atoms with Gasteiger partial charge in [-0.3, -0.25) is 14.9 Å². The van der Waals surface area contributed by atoms with E-state index in [0.717, 1.165) is 11.3 Å². The summed E-state index contributed by atoms with van der Waals surface area (Å²) in [5, 5.41) is 3.94. The summed E-state index contributed by atoms with van der Waals surface area (Å²) in [5.74, 6) is -0.469. The van der Waals surface area contributed by atoms with Crippen molar-refractivity contribution in [2.45, 2.75) is 13.5 Å². The summed E-state index contributed by atoms with van der Waals surface area (Å²) in [6.45, 7) is 2.45. The first kappa shape index (κ1) is 10.9. The second kappa shape index (κ2) is 4.09. The number of hydrogen-bond acceptors (Lipinski definition) is 4. The van der Waals surface area contributed by atoms with E-state index >= 15 is 0 Å². The number of rotatable bonds is 2. The molecule has 1 saturated heterocycles. The lowest BCUT2D eigenvalue weighted by Gasteiger charge is -2.29. The van der Waals surface area contributed by atoms with Crippen molar-refractivity contribution >= 4 is 23.3 Å². The average Bonchev–Trinajstić information content (AvgIpc) is 2.60. The monoisotopic (exact) mass is 241 g/mol. The number of H-pyrrole nitrogens is 1. The molecule has 0 aromatic carbocycles. The van der Waals surface area contributed by atoms with Crippen molar-refractivity contribution in [1.29, 1.82) is 0 Å². The number of nitrogens with zero attached hydrogens (tertiary/aromatic N) is 1. The van der Waals surface area contributed by atoms with Crippen molar-refractivity contribution in [1.82, 2.24) is 15.2 Å². The van der Waals surface area contributed by atoms with Gasteiger partial charge in [0, 0.05) is 17.6 Å². The Morgan fingerprint density at radius 3 is 2.88 bits per heavy atom. The Hall–Kier alpha value is -1.63. The Bertz CT molecular complexity index is 478. The predicted molar refractivity (Wildman–Crippen MR) is 58.1 cm³/mol. The van der Waals surface area contributed by atoms with Gasteiger partial charge in [0.05, 0.1) is 12.5 Å². The van der Waals surface area contributed by atoms with Crippen LogP contribution in [0.3, 0.4) is 0 Å². The van der Waals surface area contributed by atoms with Gasteiger partial charge in [-0.25, -0.2) is 4.79 Å². The summed E-state index contributed by atoms with van der Waals surface area (Å²) in [4.78, 5) is 37.6. The number of nitrogens with one attached hydrogen (secondary N) is 2. The van der Waals surface area contributed by atoms with E-state index in [-0.39, 0.29) is 16.7 Å². The Balaban J connectivity index is 2.07. The topological polar surface area (TPSA) is 82.3 Å². The summed E-state index contributed by atoms with van der Waals surface area (Å²) in [5.41, 5.74) is 0.687. The summed E-state index contributed by atoms with van der Waals surface area (Å²) >= 11 is 1.06. The highest BCUT2D eigenvalue weighted by Crippen LogP contribution is 2.10. The second-order valence-corrected chi connectivity index (χ2v) is 4.59. The summed E-state index contributed by atoms with van der Waals surface area (Å²) < 4.78 is 0. The lowest BCUT2D eigenvalue weighted by molar-refractivity contribution is -0.125. The highest BCUT2D eigenvalue weighted by Gasteiger charge is 2.29. The molecule has 1 unspecified atom stereocenters. The van der Waals surface area contributed by atoms with Crippen LogP contribution in [0, 0.1) is 5.92 Å². The average molecular weight is 241 g/mol. The van der Waals surface area contributed by atoms with Crippen LogP contribution in [0.1, 0.15) is 12.6 Å². The van der Waals surface area contributed by atoms with E-state index in [0.29, 0.717) is 18.8 Å². The van der Waals surface area contributed by atoms with Crippen LogP contribution in [-0.2, 0) is 11.3 Å². The minimum absolute atomic E-state index is 0.142. The third-order valence-electron chi connectivity index (χ3n) is 2.39. The highest BCUT2D eigenvalue weighted by atomic mass is 32.1. The molecule has 16 heavy (non-hydrogen) atoms. The largest absolute Gasteiger partial charge is 0.324 e. The lowest BCUT2D eigenvalue weighted by Crippen LogP contribution is -2.53. The fourth-order valence-electron chi connectivity index (χ4n) is 1.54. The molecule has 86 valence electrons. The Labute approximate surface area is 95.3 Å². The number of carbonyl (C=O) groups is 2. The van der Waals surface area contributed by atoms with E-state index in [9.17, 15) is 14.4 Å². The number of imide groups is 1. The van der Waals surface area contributed by atoms with Gasteiger partial charge in [0.2, 0.25) is 5.91 Å². The molecule has 0 saturated carbocycles. The van der Waals surface area contributed by atoms with Gasteiger partial charge >= 0.3 is 10.9 Å². The molecule has 1 aliphatic heterocycles. The highest BCUT2D eigenvalue weighted by molar-refractivity contribution is 7.07. The van der Waals surface area contributed by atoms with E-state index in [2.05, 4.69) is 10.3 Å². The fraction of sp³-hybridized carbons (Fsp3) is 0.444. The molecule has 2 N–H and O–H groups in total. The molecule has 7 heteroatoms. The predicted octanol–water partition coefficient (Wildman–Crippen LogP) is 0.124. The van der Waals surface area contributed by atoms with E-state index in [1.54, 1.807) is 12.3 Å². The Kier molecular flexibility index (Phi) is 2.78. The molecule has 0 radical (unpaired) electrons. The molecule has 3 amide bonds. The van der Waals surface area contributed by atoms with Crippen LogP contribution in [0.4, 0.5) is 4.79 Å². The second-order valence-electron chi connectivity index (χ2n) is 3.75. The van der Waals surface area contributed by atoms with Crippen LogP contribution < -0.4 is 10.2 Å². The molecular weight excluding hydrogens is 230 g/mol. The number of urea groups is 1. The third-order valence-corrected chi connectivity index (χ3v) is 3.11. The zero-order valence-electron chi connectivity index (χ0n) is 8.65. The number of thiazole rings is 1. The molecule has 1 atom stereocenters. The molecule has 1 aliphatic rings. The number of hydrogen-bond donors (Lipinski definition) is 2. The van der Waals surface area contributed by atoms with Crippen LogP contribution in [0.15, 0.2) is 10.2 Å². The van der Waals surface area contributed by atoms with Crippen molar-refractivity contribution in [2.75, 3.05) is 6.54 Å². The zero-order valence-corrected chi connectivity index (χ0v) is 9.47. The minimum atomic E-state index is -0.407. The van der Waals surface area contributed by atoms with Gasteiger partial charge in [-0.05, 0) is 0 Å². The number of aromatic nitrogens is 1. The summed E-state index contributed by atoms with van der Waals surface area (Å²) in [6, 6.07) is -0.407. The normalized spacial score (nSPS) is 21.1. The van der Waals surface area contributed by atoms with Crippen LogP contribution in [0.2, 0.25) is 0 Å². The van der Waals surface area contributed by atoms with Gasteiger partial charge in [-0.1, -0.05) is 18.3 Å². The van der Waals surface area contributed by atoms with Gasteiger partial charge in [-0.15, -0.1) is 0 Å². The molecule has 2 heterocycles. The van der Waals surface area contributed by atoms with Crippen LogP contribution in [0.25, 0.3) is 0 Å². The number of aromatic amines is 1. The fourth-order valence-corrected chi connectivity index (χ4v) is 2.11. The summed E-state index contributed by atoms with van der Waals surface area (Å²) in [6.07, 6.45) is 0. The standard InChI is InChI=1S/C9H11N3O3S/c1-5-2-12(8(14)11-7(5)13)3-6-4-16-9(15)10-6/h4-5H,2-3H2,1H3,(H,10,15)(H,11,13,14). The summed E-state index contributed by atoms with van der Waals surface area (Å²) in [7, 11) is 0. The van der Waals surface area contributed by atoms with Crippen molar-refractivity contribution in [3.8, 4) is 0 Å². The van der Waals surface area contributed by atoms with E-state index in [1.807, 2.05) is 0 Å². The van der Waals surface area contributed by atoms with Gasteiger partial charge < -0.3 is 9.88 Å². The van der Waals surface area contributed by atoms with Gasteiger partial charge in [0.1, 0.15) is 0 Å². The molecule has 1 aromatic rings. The van der Waals surface area contributed by atoms with E-state index < -0.39 is 6.03 Å².